The van der Waals surface area contributed by atoms with Crippen molar-refractivity contribution in [3.05, 3.63) is 29.3 Å². The summed E-state index contributed by atoms with van der Waals surface area (Å²) in [5, 5.41) is 9.16. The van der Waals surface area contributed by atoms with Crippen LogP contribution in [0.1, 0.15) is 49.0 Å². The van der Waals surface area contributed by atoms with Gasteiger partial charge in [-0.15, -0.1) is 0 Å². The van der Waals surface area contributed by atoms with E-state index in [0.717, 1.165) is 19.3 Å². The van der Waals surface area contributed by atoms with E-state index in [9.17, 15) is 13.2 Å². The topological polar surface area (TPSA) is 83.5 Å². The summed E-state index contributed by atoms with van der Waals surface area (Å²) in [7, 11) is -3.67. The van der Waals surface area contributed by atoms with Crippen LogP contribution in [0.3, 0.4) is 0 Å². The zero-order valence-electron chi connectivity index (χ0n) is 11.6. The van der Waals surface area contributed by atoms with Gasteiger partial charge in [0, 0.05) is 5.54 Å². The van der Waals surface area contributed by atoms with Crippen molar-refractivity contribution < 1.29 is 18.3 Å². The molecule has 0 spiro atoms. The molecule has 0 aliphatic heterocycles. The molecule has 0 unspecified atom stereocenters. The van der Waals surface area contributed by atoms with Gasteiger partial charge in [0.2, 0.25) is 10.0 Å². The monoisotopic (exact) mass is 297 g/mol. The molecule has 20 heavy (non-hydrogen) atoms. The van der Waals surface area contributed by atoms with Crippen molar-refractivity contribution in [2.45, 2.75) is 50.0 Å². The Morgan fingerprint density at radius 3 is 2.50 bits per heavy atom. The molecule has 1 saturated carbocycles. The Morgan fingerprint density at radius 2 is 2.05 bits per heavy atom. The van der Waals surface area contributed by atoms with E-state index in [1.807, 2.05) is 13.8 Å². The second kappa shape index (κ2) is 5.18. The minimum Gasteiger partial charge on any atom is -0.478 e. The highest BCUT2D eigenvalue weighted by molar-refractivity contribution is 7.89. The summed E-state index contributed by atoms with van der Waals surface area (Å²) >= 11 is 0. The van der Waals surface area contributed by atoms with Gasteiger partial charge in [-0.2, -0.15) is 0 Å². The quantitative estimate of drug-likeness (QED) is 0.872. The van der Waals surface area contributed by atoms with Gasteiger partial charge in [0.15, 0.2) is 0 Å². The number of sulfonamides is 1. The Morgan fingerprint density at radius 1 is 1.40 bits per heavy atom. The molecule has 0 amide bonds. The summed E-state index contributed by atoms with van der Waals surface area (Å²) in [5.41, 5.74) is 0.284. The molecule has 0 atom stereocenters. The molecule has 2 rings (SSSR count). The lowest BCUT2D eigenvalue weighted by molar-refractivity contribution is 0.0695. The molecule has 1 aliphatic carbocycles. The van der Waals surface area contributed by atoms with Gasteiger partial charge in [0.1, 0.15) is 0 Å². The minimum absolute atomic E-state index is 0.0141. The van der Waals surface area contributed by atoms with Crippen LogP contribution in [0.25, 0.3) is 0 Å². The van der Waals surface area contributed by atoms with Crippen LogP contribution in [-0.4, -0.2) is 25.0 Å². The zero-order chi connectivity index (χ0) is 15.0. The van der Waals surface area contributed by atoms with Gasteiger partial charge < -0.3 is 5.11 Å². The highest BCUT2D eigenvalue weighted by Gasteiger charge is 2.36. The predicted octanol–water partition coefficient (Wildman–Crippen LogP) is 2.17. The number of carboxylic acids is 1. The second-order valence-corrected chi connectivity index (χ2v) is 7.18. The molecule has 1 aromatic rings. The van der Waals surface area contributed by atoms with Crippen LogP contribution >= 0.6 is 0 Å². The third-order valence-corrected chi connectivity index (χ3v) is 5.48. The predicted molar refractivity (Wildman–Crippen MR) is 75.4 cm³/mol. The van der Waals surface area contributed by atoms with E-state index in [0.29, 0.717) is 12.0 Å². The zero-order valence-corrected chi connectivity index (χ0v) is 12.5. The number of benzene rings is 1. The van der Waals surface area contributed by atoms with Crippen molar-refractivity contribution in [1.29, 1.82) is 0 Å². The summed E-state index contributed by atoms with van der Waals surface area (Å²) in [6, 6.07) is 4.28. The van der Waals surface area contributed by atoms with Gasteiger partial charge in [-0.1, -0.05) is 13.0 Å². The first-order chi connectivity index (χ1) is 9.27. The number of rotatable bonds is 5. The number of carboxylic acid groups (broad SMARTS) is 1. The molecule has 0 radical (unpaired) electrons. The van der Waals surface area contributed by atoms with Gasteiger partial charge in [0.25, 0.3) is 0 Å². The highest BCUT2D eigenvalue weighted by atomic mass is 32.2. The van der Waals surface area contributed by atoms with Gasteiger partial charge in [-0.05, 0) is 50.3 Å². The van der Waals surface area contributed by atoms with Crippen molar-refractivity contribution in [1.82, 2.24) is 4.72 Å². The molecule has 5 nitrogen and oxygen atoms in total. The van der Waals surface area contributed by atoms with Gasteiger partial charge in [0.05, 0.1) is 10.5 Å². The lowest BCUT2D eigenvalue weighted by Crippen LogP contribution is -2.50. The Labute approximate surface area is 119 Å². The Kier molecular flexibility index (Phi) is 3.88. The maximum atomic E-state index is 12.3. The smallest absolute Gasteiger partial charge is 0.336 e. The summed E-state index contributed by atoms with van der Waals surface area (Å²) in [6.07, 6.45) is 3.18. The molecular weight excluding hydrogens is 278 g/mol. The number of nitrogens with one attached hydrogen (secondary N) is 1. The molecule has 0 heterocycles. The first kappa shape index (κ1) is 15.0. The van der Waals surface area contributed by atoms with E-state index in [1.165, 1.54) is 12.1 Å². The molecular formula is C14H19NO4S. The maximum absolute atomic E-state index is 12.3. The maximum Gasteiger partial charge on any atom is 0.336 e. The van der Waals surface area contributed by atoms with Crippen molar-refractivity contribution >= 4 is 16.0 Å². The Bertz CT molecular complexity index is 633. The second-order valence-electron chi connectivity index (χ2n) is 5.50. The van der Waals surface area contributed by atoms with E-state index >= 15 is 0 Å². The number of hydrogen-bond donors (Lipinski definition) is 2. The van der Waals surface area contributed by atoms with Crippen LogP contribution in [0, 0.1) is 0 Å². The first-order valence-electron chi connectivity index (χ1n) is 6.68. The van der Waals surface area contributed by atoms with Crippen molar-refractivity contribution in [3.63, 3.8) is 0 Å². The van der Waals surface area contributed by atoms with Crippen LogP contribution in [-0.2, 0) is 16.4 Å². The third-order valence-electron chi connectivity index (χ3n) is 3.84. The molecule has 1 aliphatic rings. The fourth-order valence-corrected chi connectivity index (χ4v) is 3.91. The van der Waals surface area contributed by atoms with Crippen LogP contribution in [0.4, 0.5) is 0 Å². The molecule has 1 fully saturated rings. The number of aryl methyl sites for hydroxylation is 1. The molecule has 110 valence electrons. The van der Waals surface area contributed by atoms with E-state index in [4.69, 9.17) is 5.11 Å². The average Bonchev–Trinajstić information content (AvgIpc) is 2.35. The van der Waals surface area contributed by atoms with E-state index in [-0.39, 0.29) is 10.5 Å². The SMILES string of the molecule is CCc1ccc(S(=O)(=O)NC2(C)CCC2)cc1C(=O)O. The lowest BCUT2D eigenvalue weighted by atomic mass is 9.80. The van der Waals surface area contributed by atoms with Crippen LogP contribution < -0.4 is 4.72 Å². The molecule has 0 bridgehead atoms. The molecule has 1 aromatic carbocycles. The van der Waals surface area contributed by atoms with Crippen LogP contribution in [0.5, 0.6) is 0 Å². The normalized spacial score (nSPS) is 17.5. The largest absolute Gasteiger partial charge is 0.478 e. The minimum atomic E-state index is -3.67. The highest BCUT2D eigenvalue weighted by Crippen LogP contribution is 2.32. The molecule has 6 heteroatoms. The summed E-state index contributed by atoms with van der Waals surface area (Å²) in [4.78, 5) is 11.2. The molecule has 0 saturated heterocycles. The third kappa shape index (κ3) is 2.86. The fraction of sp³-hybridized carbons (Fsp3) is 0.500. The van der Waals surface area contributed by atoms with Gasteiger partial charge in [-0.25, -0.2) is 17.9 Å². The summed E-state index contributed by atoms with van der Waals surface area (Å²) < 4.78 is 27.3. The Hall–Kier alpha value is -1.40. The summed E-state index contributed by atoms with van der Waals surface area (Å²) in [6.45, 7) is 3.70. The molecule has 0 aromatic heterocycles. The van der Waals surface area contributed by atoms with Crippen LogP contribution in [0.2, 0.25) is 0 Å². The van der Waals surface area contributed by atoms with Crippen molar-refractivity contribution in [2.75, 3.05) is 0 Å². The molecule has 2 N–H and O–H groups in total. The standard InChI is InChI=1S/C14H19NO4S/c1-3-10-5-6-11(9-12(10)13(16)17)20(18,19)15-14(2)7-4-8-14/h5-6,9,15H,3-4,7-8H2,1-2H3,(H,16,17). The van der Waals surface area contributed by atoms with E-state index < -0.39 is 21.5 Å². The number of aromatic carboxylic acids is 1. The van der Waals surface area contributed by atoms with Crippen molar-refractivity contribution in [3.8, 4) is 0 Å². The van der Waals surface area contributed by atoms with Crippen molar-refractivity contribution in [2.24, 2.45) is 0 Å². The lowest BCUT2D eigenvalue weighted by Gasteiger charge is -2.38. The van der Waals surface area contributed by atoms with Gasteiger partial charge >= 0.3 is 5.97 Å². The fourth-order valence-electron chi connectivity index (χ4n) is 2.42. The summed E-state index contributed by atoms with van der Waals surface area (Å²) in [5.74, 6) is -1.10. The van der Waals surface area contributed by atoms with E-state index in [1.54, 1.807) is 6.07 Å². The van der Waals surface area contributed by atoms with E-state index in [2.05, 4.69) is 4.72 Å². The number of hydrogen-bond acceptors (Lipinski definition) is 3. The first-order valence-corrected chi connectivity index (χ1v) is 8.16. The van der Waals surface area contributed by atoms with Gasteiger partial charge in [-0.3, -0.25) is 0 Å². The van der Waals surface area contributed by atoms with Crippen LogP contribution in [0.15, 0.2) is 23.1 Å². The number of carbonyl (C=O) groups is 1. The average molecular weight is 297 g/mol. The Balaban J connectivity index is 2.37.